The zero-order valence-corrected chi connectivity index (χ0v) is 4.86. The zero-order valence-electron chi connectivity index (χ0n) is 4.86. The molecule has 0 saturated carbocycles. The molecule has 38 valence electrons. The van der Waals surface area contributed by atoms with Crippen LogP contribution in [-0.4, -0.2) is 6.54 Å². The van der Waals surface area contributed by atoms with Crippen LogP contribution in [0.4, 0.5) is 0 Å². The number of rotatable bonds is 0. The first-order chi connectivity index (χ1) is 3.21. The van der Waals surface area contributed by atoms with Crippen LogP contribution >= 0.6 is 0 Å². The van der Waals surface area contributed by atoms with Gasteiger partial charge in [0.15, 0.2) is 0 Å². The molecule has 1 heteroatoms. The Morgan fingerprint density at radius 2 is 2.29 bits per heavy atom. The summed E-state index contributed by atoms with van der Waals surface area (Å²) in [7, 11) is 0. The molecule has 0 amide bonds. The minimum absolute atomic E-state index is 0.417. The predicted molar refractivity (Wildman–Crippen MR) is 30.5 cm³/mol. The van der Waals surface area contributed by atoms with Gasteiger partial charge in [-0.3, -0.25) is 0 Å². The van der Waals surface area contributed by atoms with Crippen LogP contribution in [0.3, 0.4) is 0 Å². The third-order valence-electron chi connectivity index (χ3n) is 1.18. The van der Waals surface area contributed by atoms with E-state index in [1.807, 2.05) is 0 Å². The average Bonchev–Trinajstić information content (AvgIpc) is 1.84. The van der Waals surface area contributed by atoms with Crippen LogP contribution in [0.15, 0.2) is 0 Å². The van der Waals surface area contributed by atoms with Crippen molar-refractivity contribution in [2.75, 3.05) is 6.54 Å². The lowest BCUT2D eigenvalue weighted by Crippen LogP contribution is -2.08. The number of hydrogen-bond acceptors (Lipinski definition) is 0. The van der Waals surface area contributed by atoms with Gasteiger partial charge < -0.3 is 0 Å². The molecule has 7 heavy (non-hydrogen) atoms. The maximum absolute atomic E-state index is 3.99. The lowest BCUT2D eigenvalue weighted by Gasteiger charge is -2.03. The lowest BCUT2D eigenvalue weighted by molar-refractivity contribution is 0.431. The van der Waals surface area contributed by atoms with Crippen LogP contribution in [0.5, 0.6) is 0 Å². The van der Waals surface area contributed by atoms with E-state index in [1.54, 1.807) is 0 Å². The lowest BCUT2D eigenvalue weighted by atomic mass is 9.93. The van der Waals surface area contributed by atoms with Crippen LogP contribution < -0.4 is 0 Å². The highest BCUT2D eigenvalue weighted by atomic mass is 14.7. The van der Waals surface area contributed by atoms with Crippen molar-refractivity contribution in [3.8, 4) is 6.07 Å². The van der Waals surface area contributed by atoms with Crippen LogP contribution in [0, 0.1) is 11.5 Å². The molecule has 0 saturated heterocycles. The summed E-state index contributed by atoms with van der Waals surface area (Å²) in [5.41, 5.74) is 0.417. The van der Waals surface area contributed by atoms with E-state index in [2.05, 4.69) is 24.8 Å². The van der Waals surface area contributed by atoms with Crippen molar-refractivity contribution in [2.24, 2.45) is 5.41 Å². The molecular weight excluding hydrogens is 86.1 g/mol. The normalized spacial score (nSPS) is 23.7. The molecule has 1 aliphatic heterocycles. The molecule has 0 unspecified atom stereocenters. The molecule has 0 atom stereocenters. The summed E-state index contributed by atoms with van der Waals surface area (Å²) in [5.74, 6) is 0. The van der Waals surface area contributed by atoms with Crippen molar-refractivity contribution in [2.45, 2.75) is 20.3 Å². The molecule has 0 fully saturated rings. The third kappa shape index (κ3) is 0.928. The summed E-state index contributed by atoms with van der Waals surface area (Å²) >= 11 is 0. The van der Waals surface area contributed by atoms with Gasteiger partial charge in [0.25, 0.3) is 12.6 Å². The standard InChI is InChI=1S/C6H10N/c1-6(2)3-4-7-5-6/h3,5H2,1-2H3/q+1. The highest BCUT2D eigenvalue weighted by Crippen LogP contribution is 2.23. The Balaban J connectivity index is 2.53. The molecule has 1 nitrogen and oxygen atoms in total. The fraction of sp³-hybridized carbons (Fsp3) is 0.833. The van der Waals surface area contributed by atoms with Gasteiger partial charge in [-0.05, 0) is 0 Å². The second kappa shape index (κ2) is 1.23. The first kappa shape index (κ1) is 4.64. The van der Waals surface area contributed by atoms with Gasteiger partial charge in [-0.2, -0.15) is 0 Å². The summed E-state index contributed by atoms with van der Waals surface area (Å²) in [6, 6.07) is 2.94. The quantitative estimate of drug-likeness (QED) is 0.432. The molecule has 0 aliphatic carbocycles. The topological polar surface area (TPSA) is 4.36 Å². The minimum Gasteiger partial charge on any atom is -0.0831 e. The molecule has 0 radical (unpaired) electrons. The molecule has 0 bridgehead atoms. The molecule has 0 aromatic rings. The van der Waals surface area contributed by atoms with Crippen molar-refractivity contribution in [3.05, 3.63) is 4.85 Å². The molecule has 1 aliphatic rings. The Bertz CT molecular complexity index is 113. The molecule has 1 heterocycles. The van der Waals surface area contributed by atoms with Gasteiger partial charge in [0.05, 0.1) is 11.8 Å². The maximum atomic E-state index is 3.99. The summed E-state index contributed by atoms with van der Waals surface area (Å²) in [6.07, 6.45) is 1.03. The first-order valence-electron chi connectivity index (χ1n) is 2.60. The zero-order chi connectivity index (χ0) is 5.33. The van der Waals surface area contributed by atoms with Gasteiger partial charge in [-0.1, -0.05) is 18.7 Å². The second-order valence-electron chi connectivity index (χ2n) is 2.82. The number of nitrogens with zero attached hydrogens (tertiary/aromatic N) is 1. The molecule has 0 aromatic carbocycles. The highest BCUT2D eigenvalue weighted by Gasteiger charge is 2.28. The Hall–Kier alpha value is -0.510. The van der Waals surface area contributed by atoms with Crippen LogP contribution in [0.1, 0.15) is 20.3 Å². The molecule has 0 N–H and O–H groups in total. The SMILES string of the molecule is CC1(C)CC#[N+]C1. The Morgan fingerprint density at radius 3 is 2.43 bits per heavy atom. The van der Waals surface area contributed by atoms with E-state index in [9.17, 15) is 0 Å². The highest BCUT2D eigenvalue weighted by molar-refractivity contribution is 5.02. The molecule has 0 aromatic heterocycles. The van der Waals surface area contributed by atoms with Crippen molar-refractivity contribution >= 4 is 0 Å². The summed E-state index contributed by atoms with van der Waals surface area (Å²) < 4.78 is 0. The summed E-state index contributed by atoms with van der Waals surface area (Å²) in [4.78, 5) is 3.99. The van der Waals surface area contributed by atoms with Gasteiger partial charge in [0, 0.05) is 0 Å². The van der Waals surface area contributed by atoms with Crippen molar-refractivity contribution < 1.29 is 0 Å². The van der Waals surface area contributed by atoms with E-state index in [4.69, 9.17) is 0 Å². The minimum atomic E-state index is 0.417. The summed E-state index contributed by atoms with van der Waals surface area (Å²) in [5, 5.41) is 0. The van der Waals surface area contributed by atoms with E-state index >= 15 is 0 Å². The fourth-order valence-electron chi connectivity index (χ4n) is 0.596. The largest absolute Gasteiger partial charge is 0.273 e. The van der Waals surface area contributed by atoms with Crippen LogP contribution in [0.25, 0.3) is 4.85 Å². The molecule has 0 spiro atoms. The van der Waals surface area contributed by atoms with E-state index in [1.165, 1.54) is 0 Å². The van der Waals surface area contributed by atoms with Gasteiger partial charge in [-0.25, -0.2) is 0 Å². The maximum Gasteiger partial charge on any atom is 0.273 e. The second-order valence-corrected chi connectivity index (χ2v) is 2.82. The smallest absolute Gasteiger partial charge is 0.0831 e. The number of hydrogen-bond donors (Lipinski definition) is 0. The van der Waals surface area contributed by atoms with E-state index in [0.717, 1.165) is 13.0 Å². The third-order valence-corrected chi connectivity index (χ3v) is 1.18. The fourth-order valence-corrected chi connectivity index (χ4v) is 0.596. The summed E-state index contributed by atoms with van der Waals surface area (Å²) in [6.45, 7) is 5.38. The first-order valence-corrected chi connectivity index (χ1v) is 2.60. The van der Waals surface area contributed by atoms with Crippen LogP contribution in [-0.2, 0) is 0 Å². The molecular formula is C6H10N+. The van der Waals surface area contributed by atoms with Gasteiger partial charge in [-0.15, -0.1) is 0 Å². The Morgan fingerprint density at radius 1 is 1.57 bits per heavy atom. The van der Waals surface area contributed by atoms with Gasteiger partial charge >= 0.3 is 0 Å². The monoisotopic (exact) mass is 96.1 g/mol. The average molecular weight is 96.2 g/mol. The Labute approximate surface area is 44.2 Å². The van der Waals surface area contributed by atoms with Gasteiger partial charge in [0.1, 0.15) is 0 Å². The predicted octanol–water partition coefficient (Wildman–Crippen LogP) is 1.75. The van der Waals surface area contributed by atoms with Crippen molar-refractivity contribution in [3.63, 3.8) is 0 Å². The van der Waals surface area contributed by atoms with Gasteiger partial charge in [0.2, 0.25) is 0 Å². The Kier molecular flexibility index (Phi) is 0.815. The van der Waals surface area contributed by atoms with E-state index in [0.29, 0.717) is 5.41 Å². The van der Waals surface area contributed by atoms with E-state index < -0.39 is 0 Å². The van der Waals surface area contributed by atoms with Crippen molar-refractivity contribution in [1.82, 2.24) is 0 Å². The van der Waals surface area contributed by atoms with Crippen molar-refractivity contribution in [1.29, 1.82) is 0 Å². The van der Waals surface area contributed by atoms with Crippen LogP contribution in [0.2, 0.25) is 0 Å². The molecule has 1 rings (SSSR count). The van der Waals surface area contributed by atoms with E-state index in [-0.39, 0.29) is 0 Å².